The first-order valence-electron chi connectivity index (χ1n) is 5.41. The summed E-state index contributed by atoms with van der Waals surface area (Å²) in [5, 5.41) is 0.750. The molecule has 0 radical (unpaired) electrons. The smallest absolute Gasteiger partial charge is 0.192 e. The van der Waals surface area contributed by atoms with Gasteiger partial charge in [0.2, 0.25) is 0 Å². The third-order valence-electron chi connectivity index (χ3n) is 3.18. The molecule has 1 aromatic rings. The Hall–Kier alpha value is -1.22. The van der Waals surface area contributed by atoms with Gasteiger partial charge < -0.3 is 10.6 Å². The molecule has 2 rings (SSSR count). The number of nitrogens with zero attached hydrogens (tertiary/aromatic N) is 2. The summed E-state index contributed by atoms with van der Waals surface area (Å²) in [6.45, 7) is 5.76. The fraction of sp³-hybridized carbons (Fsp3) is 0.417. The van der Waals surface area contributed by atoms with E-state index in [2.05, 4.69) is 29.8 Å². The number of hydrogen-bond acceptors (Lipinski definition) is 3. The number of nitrogens with two attached hydrogens (primary N) is 1. The first kappa shape index (κ1) is 11.3. The number of rotatable bonds is 2. The Labute approximate surface area is 101 Å². The van der Waals surface area contributed by atoms with Crippen LogP contribution in [0, 0.1) is 0 Å². The summed E-state index contributed by atoms with van der Waals surface area (Å²) >= 11 is 6.03. The Bertz CT molecular complexity index is 430. The Morgan fingerprint density at radius 3 is 2.94 bits per heavy atom. The van der Waals surface area contributed by atoms with Gasteiger partial charge in [-0.25, -0.2) is 0 Å². The van der Waals surface area contributed by atoms with Gasteiger partial charge in [0.05, 0.1) is 12.1 Å². The minimum Gasteiger partial charge on any atom is -0.370 e. The topological polar surface area (TPSA) is 41.6 Å². The van der Waals surface area contributed by atoms with Crippen LogP contribution in [-0.4, -0.2) is 23.9 Å². The number of hydrogen-bond donors (Lipinski definition) is 1. The summed E-state index contributed by atoms with van der Waals surface area (Å²) in [4.78, 5) is 6.43. The normalized spacial score (nSPS) is 24.7. The molecule has 0 aromatic heterocycles. The standard InChI is InChI=1S/C12H16ClN3/c1-3-16-11(14)15-8-12(16,2)9-5-4-6-10(13)7-9/h4-7H,3,8H2,1-2H3,(H2,14,15). The number of guanidine groups is 1. The maximum atomic E-state index is 6.03. The summed E-state index contributed by atoms with van der Waals surface area (Å²) < 4.78 is 0. The zero-order valence-corrected chi connectivity index (χ0v) is 10.3. The molecular formula is C12H16ClN3. The summed E-state index contributed by atoms with van der Waals surface area (Å²) in [7, 11) is 0. The molecule has 1 heterocycles. The second-order valence-corrected chi connectivity index (χ2v) is 4.64. The van der Waals surface area contributed by atoms with Crippen molar-refractivity contribution in [3.63, 3.8) is 0 Å². The fourth-order valence-electron chi connectivity index (χ4n) is 2.24. The fourth-order valence-corrected chi connectivity index (χ4v) is 2.43. The van der Waals surface area contributed by atoms with E-state index in [-0.39, 0.29) is 5.54 Å². The number of benzene rings is 1. The lowest BCUT2D eigenvalue weighted by molar-refractivity contribution is 0.235. The molecule has 0 spiro atoms. The lowest BCUT2D eigenvalue weighted by atomic mass is 9.91. The molecule has 1 aliphatic rings. The van der Waals surface area contributed by atoms with E-state index in [1.54, 1.807) is 0 Å². The highest BCUT2D eigenvalue weighted by atomic mass is 35.5. The van der Waals surface area contributed by atoms with Crippen LogP contribution in [0.1, 0.15) is 19.4 Å². The zero-order valence-electron chi connectivity index (χ0n) is 9.57. The molecule has 0 bridgehead atoms. The van der Waals surface area contributed by atoms with Gasteiger partial charge >= 0.3 is 0 Å². The van der Waals surface area contributed by atoms with Gasteiger partial charge in [0.15, 0.2) is 5.96 Å². The highest BCUT2D eigenvalue weighted by molar-refractivity contribution is 6.30. The summed E-state index contributed by atoms with van der Waals surface area (Å²) in [6.07, 6.45) is 0. The van der Waals surface area contributed by atoms with Crippen molar-refractivity contribution in [1.29, 1.82) is 0 Å². The molecule has 86 valence electrons. The first-order valence-corrected chi connectivity index (χ1v) is 5.79. The van der Waals surface area contributed by atoms with E-state index in [4.69, 9.17) is 17.3 Å². The van der Waals surface area contributed by atoms with Crippen LogP contribution >= 0.6 is 11.6 Å². The molecule has 1 unspecified atom stereocenters. The molecule has 1 aromatic carbocycles. The molecule has 0 saturated heterocycles. The van der Waals surface area contributed by atoms with Crippen molar-refractivity contribution in [3.05, 3.63) is 34.9 Å². The van der Waals surface area contributed by atoms with Crippen LogP contribution in [0.5, 0.6) is 0 Å². The third kappa shape index (κ3) is 1.65. The lowest BCUT2D eigenvalue weighted by Crippen LogP contribution is -2.47. The summed E-state index contributed by atoms with van der Waals surface area (Å²) in [5.74, 6) is 0.616. The minimum absolute atomic E-state index is 0.163. The summed E-state index contributed by atoms with van der Waals surface area (Å²) in [6, 6.07) is 7.90. The van der Waals surface area contributed by atoms with E-state index in [9.17, 15) is 0 Å². The van der Waals surface area contributed by atoms with E-state index in [0.29, 0.717) is 12.5 Å². The number of halogens is 1. The summed E-state index contributed by atoms with van der Waals surface area (Å²) in [5.41, 5.74) is 6.88. The van der Waals surface area contributed by atoms with Gasteiger partial charge in [0.25, 0.3) is 0 Å². The molecule has 0 saturated carbocycles. The quantitative estimate of drug-likeness (QED) is 0.857. The van der Waals surface area contributed by atoms with Crippen molar-refractivity contribution >= 4 is 17.6 Å². The predicted octanol–water partition coefficient (Wildman–Crippen LogP) is 2.21. The molecule has 0 fully saturated rings. The first-order chi connectivity index (χ1) is 7.58. The highest BCUT2D eigenvalue weighted by Gasteiger charge is 2.38. The maximum absolute atomic E-state index is 6.03. The van der Waals surface area contributed by atoms with Crippen molar-refractivity contribution in [1.82, 2.24) is 4.90 Å². The average Bonchev–Trinajstić information content (AvgIpc) is 2.56. The van der Waals surface area contributed by atoms with Crippen LogP contribution in [0.25, 0.3) is 0 Å². The maximum Gasteiger partial charge on any atom is 0.192 e. The Balaban J connectivity index is 2.40. The van der Waals surface area contributed by atoms with Gasteiger partial charge in [-0.2, -0.15) is 0 Å². The largest absolute Gasteiger partial charge is 0.370 e. The van der Waals surface area contributed by atoms with Crippen LogP contribution < -0.4 is 5.73 Å². The third-order valence-corrected chi connectivity index (χ3v) is 3.42. The van der Waals surface area contributed by atoms with E-state index in [1.807, 2.05) is 18.2 Å². The Kier molecular flexibility index (Phi) is 2.80. The van der Waals surface area contributed by atoms with Crippen molar-refractivity contribution in [3.8, 4) is 0 Å². The molecule has 4 heteroatoms. The minimum atomic E-state index is -0.163. The van der Waals surface area contributed by atoms with Crippen molar-refractivity contribution in [2.24, 2.45) is 10.7 Å². The van der Waals surface area contributed by atoms with Gasteiger partial charge in [-0.1, -0.05) is 23.7 Å². The molecule has 0 aliphatic carbocycles. The molecule has 0 amide bonds. The van der Waals surface area contributed by atoms with Gasteiger partial charge in [0.1, 0.15) is 0 Å². The van der Waals surface area contributed by atoms with Crippen LogP contribution in [-0.2, 0) is 5.54 Å². The average molecular weight is 238 g/mol. The van der Waals surface area contributed by atoms with Gasteiger partial charge in [-0.3, -0.25) is 4.99 Å². The van der Waals surface area contributed by atoms with Gasteiger partial charge in [-0.15, -0.1) is 0 Å². The van der Waals surface area contributed by atoms with Gasteiger partial charge in [0, 0.05) is 11.6 Å². The van der Waals surface area contributed by atoms with Crippen molar-refractivity contribution in [2.45, 2.75) is 19.4 Å². The van der Waals surface area contributed by atoms with Crippen LogP contribution in [0.15, 0.2) is 29.3 Å². The molecule has 1 aliphatic heterocycles. The van der Waals surface area contributed by atoms with Crippen molar-refractivity contribution in [2.75, 3.05) is 13.1 Å². The molecule has 3 nitrogen and oxygen atoms in total. The number of likely N-dealkylation sites (N-methyl/N-ethyl adjacent to an activating group) is 1. The van der Waals surface area contributed by atoms with Crippen LogP contribution in [0.3, 0.4) is 0 Å². The molecule has 1 atom stereocenters. The number of aliphatic imine (C=N–C) groups is 1. The van der Waals surface area contributed by atoms with Crippen molar-refractivity contribution < 1.29 is 0 Å². The lowest BCUT2D eigenvalue weighted by Gasteiger charge is -2.36. The highest BCUT2D eigenvalue weighted by Crippen LogP contribution is 2.33. The van der Waals surface area contributed by atoms with Gasteiger partial charge in [-0.05, 0) is 31.5 Å². The van der Waals surface area contributed by atoms with E-state index >= 15 is 0 Å². The second kappa shape index (κ2) is 3.98. The monoisotopic (exact) mass is 237 g/mol. The molecular weight excluding hydrogens is 222 g/mol. The second-order valence-electron chi connectivity index (χ2n) is 4.20. The predicted molar refractivity (Wildman–Crippen MR) is 67.7 cm³/mol. The van der Waals surface area contributed by atoms with Crippen LogP contribution in [0.2, 0.25) is 5.02 Å². The Morgan fingerprint density at radius 1 is 1.56 bits per heavy atom. The van der Waals surface area contributed by atoms with E-state index < -0.39 is 0 Å². The molecule has 2 N–H and O–H groups in total. The van der Waals surface area contributed by atoms with E-state index in [0.717, 1.165) is 17.1 Å². The Morgan fingerprint density at radius 2 is 2.31 bits per heavy atom. The zero-order chi connectivity index (χ0) is 11.8. The van der Waals surface area contributed by atoms with Crippen LogP contribution in [0.4, 0.5) is 0 Å². The molecule has 16 heavy (non-hydrogen) atoms. The SMILES string of the molecule is CCN1C(N)=NCC1(C)c1cccc(Cl)c1. The van der Waals surface area contributed by atoms with E-state index in [1.165, 1.54) is 0 Å².